The van der Waals surface area contributed by atoms with Crippen LogP contribution in [0.25, 0.3) is 17.0 Å². The molecule has 1 amide bonds. The van der Waals surface area contributed by atoms with Crippen LogP contribution in [0.15, 0.2) is 54.6 Å². The fourth-order valence-corrected chi connectivity index (χ4v) is 2.35. The summed E-state index contributed by atoms with van der Waals surface area (Å²) in [6.07, 6.45) is 3.22. The third-order valence-electron chi connectivity index (χ3n) is 3.53. The van der Waals surface area contributed by atoms with Crippen LogP contribution in [0.3, 0.4) is 0 Å². The van der Waals surface area contributed by atoms with Crippen LogP contribution < -0.4 is 5.32 Å². The molecule has 24 heavy (non-hydrogen) atoms. The Morgan fingerprint density at radius 2 is 1.83 bits per heavy atom. The number of carbonyl (C=O) groups excluding carboxylic acids is 2. The lowest BCUT2D eigenvalue weighted by Crippen LogP contribution is -2.11. The van der Waals surface area contributed by atoms with Crippen LogP contribution in [0, 0.1) is 0 Å². The molecule has 1 heterocycles. The fourth-order valence-electron chi connectivity index (χ4n) is 2.35. The molecular formula is C19H16N2O3. The second kappa shape index (κ2) is 6.42. The number of aromatic hydroxyl groups is 1. The molecule has 0 aliphatic heterocycles. The van der Waals surface area contributed by atoms with Crippen LogP contribution in [0.2, 0.25) is 0 Å². The Kier molecular flexibility index (Phi) is 4.16. The SMILES string of the molecule is CC(=O)C=Cc1cc2cc(NC(=O)c3ccc(O)cc3)ccc2[nH]1. The molecular weight excluding hydrogens is 304 g/mol. The second-order valence-electron chi connectivity index (χ2n) is 5.47. The number of aromatic nitrogens is 1. The quantitative estimate of drug-likeness (QED) is 0.641. The lowest BCUT2D eigenvalue weighted by molar-refractivity contribution is -0.112. The third-order valence-corrected chi connectivity index (χ3v) is 3.53. The molecule has 1 aromatic heterocycles. The van der Waals surface area contributed by atoms with E-state index in [2.05, 4.69) is 10.3 Å². The van der Waals surface area contributed by atoms with Crippen molar-refractivity contribution in [2.24, 2.45) is 0 Å². The zero-order chi connectivity index (χ0) is 17.1. The van der Waals surface area contributed by atoms with Gasteiger partial charge in [0.15, 0.2) is 5.78 Å². The van der Waals surface area contributed by atoms with Crippen LogP contribution >= 0.6 is 0 Å². The Morgan fingerprint density at radius 3 is 2.54 bits per heavy atom. The van der Waals surface area contributed by atoms with Crippen molar-refractivity contribution in [1.82, 2.24) is 4.98 Å². The van der Waals surface area contributed by atoms with Gasteiger partial charge in [0.1, 0.15) is 5.75 Å². The smallest absolute Gasteiger partial charge is 0.255 e. The third kappa shape index (κ3) is 3.52. The van der Waals surface area contributed by atoms with Crippen molar-refractivity contribution in [3.8, 4) is 5.75 Å². The lowest BCUT2D eigenvalue weighted by Gasteiger charge is -2.05. The summed E-state index contributed by atoms with van der Waals surface area (Å²) in [5.74, 6) is -0.150. The van der Waals surface area contributed by atoms with E-state index in [1.54, 1.807) is 24.3 Å². The predicted octanol–water partition coefficient (Wildman–Crippen LogP) is 3.73. The van der Waals surface area contributed by atoms with E-state index in [0.29, 0.717) is 11.3 Å². The van der Waals surface area contributed by atoms with Gasteiger partial charge in [-0.15, -0.1) is 0 Å². The summed E-state index contributed by atoms with van der Waals surface area (Å²) < 4.78 is 0. The summed E-state index contributed by atoms with van der Waals surface area (Å²) in [7, 11) is 0. The minimum Gasteiger partial charge on any atom is -0.508 e. The van der Waals surface area contributed by atoms with Crippen LogP contribution in [0.1, 0.15) is 23.0 Å². The number of fused-ring (bicyclic) bond motifs is 1. The van der Waals surface area contributed by atoms with Crippen molar-refractivity contribution >= 4 is 34.4 Å². The molecule has 0 aliphatic rings. The Labute approximate surface area is 138 Å². The van der Waals surface area contributed by atoms with Crippen molar-refractivity contribution in [3.63, 3.8) is 0 Å². The molecule has 3 rings (SSSR count). The number of anilines is 1. The molecule has 0 aliphatic carbocycles. The van der Waals surface area contributed by atoms with Crippen molar-refractivity contribution in [2.45, 2.75) is 6.92 Å². The molecule has 0 saturated carbocycles. The minimum atomic E-state index is -0.249. The topological polar surface area (TPSA) is 82.2 Å². The monoisotopic (exact) mass is 320 g/mol. The molecule has 120 valence electrons. The minimum absolute atomic E-state index is 0.0180. The average Bonchev–Trinajstić information content (AvgIpc) is 2.95. The van der Waals surface area contributed by atoms with Crippen LogP contribution in [-0.4, -0.2) is 21.8 Å². The zero-order valence-corrected chi connectivity index (χ0v) is 13.0. The van der Waals surface area contributed by atoms with Gasteiger partial charge in [0.2, 0.25) is 0 Å². The maximum atomic E-state index is 12.2. The predicted molar refractivity (Wildman–Crippen MR) is 94.1 cm³/mol. The van der Waals surface area contributed by atoms with E-state index >= 15 is 0 Å². The van der Waals surface area contributed by atoms with Crippen molar-refractivity contribution in [3.05, 3.63) is 65.9 Å². The van der Waals surface area contributed by atoms with E-state index in [4.69, 9.17) is 0 Å². The summed E-state index contributed by atoms with van der Waals surface area (Å²) in [6.45, 7) is 1.50. The first-order chi connectivity index (χ1) is 11.5. The standard InChI is InChI=1S/C19H16N2O3/c1-12(22)2-5-15-10-14-11-16(6-9-18(14)20-15)21-19(24)13-3-7-17(23)8-4-13/h2-11,20,23H,1H3,(H,21,24). The molecule has 0 atom stereocenters. The molecule has 0 saturated heterocycles. The first kappa shape index (κ1) is 15.6. The van der Waals surface area contributed by atoms with E-state index in [1.807, 2.05) is 18.2 Å². The largest absolute Gasteiger partial charge is 0.508 e. The van der Waals surface area contributed by atoms with Crippen LogP contribution in [0.4, 0.5) is 5.69 Å². The van der Waals surface area contributed by atoms with Gasteiger partial charge >= 0.3 is 0 Å². The number of amides is 1. The summed E-state index contributed by atoms with van der Waals surface area (Å²) in [5.41, 5.74) is 2.87. The molecule has 3 aromatic rings. The Bertz CT molecular complexity index is 937. The molecule has 3 N–H and O–H groups in total. The first-order valence-corrected chi connectivity index (χ1v) is 7.43. The summed E-state index contributed by atoms with van der Waals surface area (Å²) in [6, 6.07) is 13.5. The summed E-state index contributed by atoms with van der Waals surface area (Å²) >= 11 is 0. The van der Waals surface area contributed by atoms with E-state index in [0.717, 1.165) is 16.6 Å². The molecule has 0 unspecified atom stereocenters. The Hall–Kier alpha value is -3.34. The lowest BCUT2D eigenvalue weighted by atomic mass is 10.2. The summed E-state index contributed by atoms with van der Waals surface area (Å²) in [4.78, 5) is 26.4. The number of aromatic amines is 1. The normalized spacial score (nSPS) is 11.0. The van der Waals surface area contributed by atoms with Gasteiger partial charge in [0.25, 0.3) is 5.91 Å². The van der Waals surface area contributed by atoms with Gasteiger partial charge < -0.3 is 15.4 Å². The zero-order valence-electron chi connectivity index (χ0n) is 13.0. The number of carbonyl (C=O) groups is 2. The highest BCUT2D eigenvalue weighted by Crippen LogP contribution is 2.21. The second-order valence-corrected chi connectivity index (χ2v) is 5.47. The van der Waals surface area contributed by atoms with Crippen molar-refractivity contribution in [2.75, 3.05) is 5.32 Å². The van der Waals surface area contributed by atoms with Gasteiger partial charge in [0, 0.05) is 27.8 Å². The highest BCUT2D eigenvalue weighted by atomic mass is 16.3. The summed E-state index contributed by atoms with van der Waals surface area (Å²) in [5, 5.41) is 13.0. The van der Waals surface area contributed by atoms with Crippen LogP contribution in [-0.2, 0) is 4.79 Å². The Morgan fingerprint density at radius 1 is 1.08 bits per heavy atom. The van der Waals surface area contributed by atoms with Gasteiger partial charge in [-0.2, -0.15) is 0 Å². The van der Waals surface area contributed by atoms with Crippen LogP contribution in [0.5, 0.6) is 5.75 Å². The van der Waals surface area contributed by atoms with Crippen molar-refractivity contribution in [1.29, 1.82) is 0 Å². The number of hydrogen-bond acceptors (Lipinski definition) is 3. The van der Waals surface area contributed by atoms with E-state index < -0.39 is 0 Å². The molecule has 5 heteroatoms. The van der Waals surface area contributed by atoms with E-state index in [1.165, 1.54) is 25.1 Å². The molecule has 2 aromatic carbocycles. The first-order valence-electron chi connectivity index (χ1n) is 7.43. The molecule has 5 nitrogen and oxygen atoms in total. The highest BCUT2D eigenvalue weighted by Gasteiger charge is 2.07. The maximum Gasteiger partial charge on any atom is 0.255 e. The number of phenols is 1. The highest BCUT2D eigenvalue weighted by molar-refractivity contribution is 6.05. The number of hydrogen-bond donors (Lipinski definition) is 3. The molecule has 0 radical (unpaired) electrons. The van der Waals surface area contributed by atoms with Gasteiger partial charge in [0.05, 0.1) is 0 Å². The van der Waals surface area contributed by atoms with E-state index in [-0.39, 0.29) is 17.4 Å². The number of rotatable bonds is 4. The molecule has 0 spiro atoms. The molecule has 0 bridgehead atoms. The van der Waals surface area contributed by atoms with Gasteiger partial charge in [-0.25, -0.2) is 0 Å². The molecule has 0 fully saturated rings. The maximum absolute atomic E-state index is 12.2. The number of H-pyrrole nitrogens is 1. The number of nitrogens with one attached hydrogen (secondary N) is 2. The number of ketones is 1. The average molecular weight is 320 g/mol. The van der Waals surface area contributed by atoms with Gasteiger partial charge in [-0.05, 0) is 67.6 Å². The number of phenolic OH excluding ortho intramolecular Hbond substituents is 1. The van der Waals surface area contributed by atoms with E-state index in [9.17, 15) is 14.7 Å². The van der Waals surface area contributed by atoms with Crippen molar-refractivity contribution < 1.29 is 14.7 Å². The number of benzene rings is 2. The number of allylic oxidation sites excluding steroid dienone is 1. The Balaban J connectivity index is 1.81. The van der Waals surface area contributed by atoms with Gasteiger partial charge in [-0.1, -0.05) is 0 Å². The van der Waals surface area contributed by atoms with Gasteiger partial charge in [-0.3, -0.25) is 9.59 Å². The fraction of sp³-hybridized carbons (Fsp3) is 0.0526.